The molecule has 0 spiro atoms. The van der Waals surface area contributed by atoms with Gasteiger partial charge in [-0.3, -0.25) is 0 Å². The normalized spacial score (nSPS) is 11.1. The Bertz CT molecular complexity index is 305. The summed E-state index contributed by atoms with van der Waals surface area (Å²) in [6, 6.07) is 7.95. The van der Waals surface area contributed by atoms with Crippen LogP contribution in [0.25, 0.3) is 6.08 Å². The average molecular weight is 191 g/mol. The van der Waals surface area contributed by atoms with Gasteiger partial charge in [0.05, 0.1) is 6.10 Å². The zero-order chi connectivity index (χ0) is 10.4. The van der Waals surface area contributed by atoms with Gasteiger partial charge in [-0.05, 0) is 19.9 Å². The second-order valence-corrected chi connectivity index (χ2v) is 3.34. The van der Waals surface area contributed by atoms with E-state index in [1.54, 1.807) is 0 Å². The van der Waals surface area contributed by atoms with E-state index in [2.05, 4.69) is 0 Å². The number of para-hydroxylation sites is 1. The van der Waals surface area contributed by atoms with Gasteiger partial charge in [0.25, 0.3) is 0 Å². The smallest absolute Gasteiger partial charge is 0.126 e. The van der Waals surface area contributed by atoms with Crippen LogP contribution in [0.5, 0.6) is 5.75 Å². The predicted octanol–water partition coefficient (Wildman–Crippen LogP) is 2.45. The van der Waals surface area contributed by atoms with E-state index in [0.717, 1.165) is 11.3 Å². The van der Waals surface area contributed by atoms with Crippen LogP contribution in [0.1, 0.15) is 19.4 Å². The van der Waals surface area contributed by atoms with E-state index in [9.17, 15) is 0 Å². The molecule has 0 saturated heterocycles. The molecule has 2 heteroatoms. The van der Waals surface area contributed by atoms with Crippen molar-refractivity contribution in [1.29, 1.82) is 0 Å². The molecule has 14 heavy (non-hydrogen) atoms. The fourth-order valence-corrected chi connectivity index (χ4v) is 1.17. The van der Waals surface area contributed by atoms with Gasteiger partial charge in [-0.25, -0.2) is 0 Å². The van der Waals surface area contributed by atoms with Gasteiger partial charge >= 0.3 is 0 Å². The molecule has 1 rings (SSSR count). The average Bonchev–Trinajstić information content (AvgIpc) is 2.16. The molecule has 0 aliphatic rings. The third-order valence-electron chi connectivity index (χ3n) is 1.72. The standard InChI is InChI=1S/C12H17NO/c1-10(2)14-12-8-4-3-6-11(12)7-5-9-13/h3-8,10H,9,13H2,1-2H3/b7-5+. The molecule has 1 aromatic carbocycles. The fraction of sp³-hybridized carbons (Fsp3) is 0.333. The minimum absolute atomic E-state index is 0.197. The number of hydrogen-bond acceptors (Lipinski definition) is 2. The lowest BCUT2D eigenvalue weighted by molar-refractivity contribution is 0.242. The Morgan fingerprint density at radius 3 is 2.71 bits per heavy atom. The summed E-state index contributed by atoms with van der Waals surface area (Å²) in [6.45, 7) is 4.59. The van der Waals surface area contributed by atoms with E-state index in [4.69, 9.17) is 10.5 Å². The van der Waals surface area contributed by atoms with Gasteiger partial charge in [0.2, 0.25) is 0 Å². The Hall–Kier alpha value is -1.28. The SMILES string of the molecule is CC(C)Oc1ccccc1/C=C/CN. The Morgan fingerprint density at radius 1 is 1.36 bits per heavy atom. The lowest BCUT2D eigenvalue weighted by atomic mass is 10.2. The first-order valence-corrected chi connectivity index (χ1v) is 4.86. The first-order valence-electron chi connectivity index (χ1n) is 4.86. The summed E-state index contributed by atoms with van der Waals surface area (Å²) in [7, 11) is 0. The van der Waals surface area contributed by atoms with Gasteiger partial charge in [-0.1, -0.05) is 30.4 Å². The van der Waals surface area contributed by atoms with Gasteiger partial charge in [0, 0.05) is 12.1 Å². The zero-order valence-corrected chi connectivity index (χ0v) is 8.73. The lowest BCUT2D eigenvalue weighted by Gasteiger charge is -2.11. The summed E-state index contributed by atoms with van der Waals surface area (Å²) in [5, 5.41) is 0. The maximum Gasteiger partial charge on any atom is 0.126 e. The zero-order valence-electron chi connectivity index (χ0n) is 8.73. The number of ether oxygens (including phenoxy) is 1. The first kappa shape index (κ1) is 10.8. The predicted molar refractivity (Wildman–Crippen MR) is 60.3 cm³/mol. The molecule has 0 amide bonds. The van der Waals surface area contributed by atoms with Crippen LogP contribution >= 0.6 is 0 Å². The topological polar surface area (TPSA) is 35.2 Å². The second-order valence-electron chi connectivity index (χ2n) is 3.34. The van der Waals surface area contributed by atoms with Crippen molar-refractivity contribution >= 4 is 6.08 Å². The maximum absolute atomic E-state index is 5.65. The van der Waals surface area contributed by atoms with Crippen molar-refractivity contribution in [1.82, 2.24) is 0 Å². The summed E-state index contributed by atoms with van der Waals surface area (Å²) in [5.74, 6) is 0.909. The highest BCUT2D eigenvalue weighted by Gasteiger charge is 2.00. The van der Waals surface area contributed by atoms with Crippen molar-refractivity contribution in [3.05, 3.63) is 35.9 Å². The highest BCUT2D eigenvalue weighted by molar-refractivity contribution is 5.57. The fourth-order valence-electron chi connectivity index (χ4n) is 1.17. The van der Waals surface area contributed by atoms with Crippen molar-refractivity contribution in [2.24, 2.45) is 5.73 Å². The molecule has 0 aliphatic heterocycles. The van der Waals surface area contributed by atoms with Gasteiger partial charge in [-0.15, -0.1) is 0 Å². The molecule has 76 valence electrons. The summed E-state index contributed by atoms with van der Waals surface area (Å²) in [4.78, 5) is 0. The molecule has 1 aromatic rings. The lowest BCUT2D eigenvalue weighted by Crippen LogP contribution is -2.06. The number of hydrogen-bond donors (Lipinski definition) is 1. The minimum Gasteiger partial charge on any atom is -0.490 e. The molecule has 0 saturated carbocycles. The van der Waals surface area contributed by atoms with Crippen LogP contribution in [0.15, 0.2) is 30.3 Å². The quantitative estimate of drug-likeness (QED) is 0.793. The van der Waals surface area contributed by atoms with Crippen molar-refractivity contribution < 1.29 is 4.74 Å². The second kappa shape index (κ2) is 5.45. The molecule has 0 aromatic heterocycles. The van der Waals surface area contributed by atoms with Crippen molar-refractivity contribution in [3.63, 3.8) is 0 Å². The van der Waals surface area contributed by atoms with E-state index in [1.807, 2.05) is 50.3 Å². The van der Waals surface area contributed by atoms with Crippen LogP contribution < -0.4 is 10.5 Å². The van der Waals surface area contributed by atoms with E-state index in [0.29, 0.717) is 6.54 Å². The molecule has 0 aliphatic carbocycles. The third kappa shape index (κ3) is 3.23. The van der Waals surface area contributed by atoms with E-state index < -0.39 is 0 Å². The Labute approximate surface area is 85.4 Å². The Morgan fingerprint density at radius 2 is 2.07 bits per heavy atom. The number of benzene rings is 1. The van der Waals surface area contributed by atoms with Crippen LogP contribution in [0.2, 0.25) is 0 Å². The Kier molecular flexibility index (Phi) is 4.20. The minimum atomic E-state index is 0.197. The van der Waals surface area contributed by atoms with Crippen molar-refractivity contribution in [2.75, 3.05) is 6.54 Å². The summed E-state index contributed by atoms with van der Waals surface area (Å²) in [6.07, 6.45) is 4.10. The van der Waals surface area contributed by atoms with Gasteiger partial charge in [0.15, 0.2) is 0 Å². The van der Waals surface area contributed by atoms with Gasteiger partial charge in [0.1, 0.15) is 5.75 Å². The molecule has 0 unspecified atom stereocenters. The molecule has 0 heterocycles. The first-order chi connectivity index (χ1) is 6.74. The number of nitrogens with two attached hydrogens (primary N) is 1. The van der Waals surface area contributed by atoms with E-state index >= 15 is 0 Å². The van der Waals surface area contributed by atoms with Crippen LogP contribution in [-0.4, -0.2) is 12.6 Å². The van der Waals surface area contributed by atoms with Crippen LogP contribution in [0, 0.1) is 0 Å². The molecular formula is C12H17NO. The monoisotopic (exact) mass is 191 g/mol. The molecule has 0 fully saturated rings. The molecular weight excluding hydrogens is 174 g/mol. The van der Waals surface area contributed by atoms with Crippen molar-refractivity contribution in [3.8, 4) is 5.75 Å². The third-order valence-corrected chi connectivity index (χ3v) is 1.72. The largest absolute Gasteiger partial charge is 0.490 e. The maximum atomic E-state index is 5.65. The van der Waals surface area contributed by atoms with Gasteiger partial charge < -0.3 is 10.5 Å². The number of rotatable bonds is 4. The molecule has 2 N–H and O–H groups in total. The highest BCUT2D eigenvalue weighted by Crippen LogP contribution is 2.20. The van der Waals surface area contributed by atoms with E-state index in [-0.39, 0.29) is 6.10 Å². The molecule has 0 atom stereocenters. The molecule has 0 bridgehead atoms. The summed E-state index contributed by atoms with van der Waals surface area (Å²) in [5.41, 5.74) is 6.48. The van der Waals surface area contributed by atoms with Gasteiger partial charge in [-0.2, -0.15) is 0 Å². The summed E-state index contributed by atoms with van der Waals surface area (Å²) < 4.78 is 5.65. The molecule has 2 nitrogen and oxygen atoms in total. The Balaban J connectivity index is 2.85. The van der Waals surface area contributed by atoms with Crippen LogP contribution in [-0.2, 0) is 0 Å². The molecule has 0 radical (unpaired) electrons. The van der Waals surface area contributed by atoms with Crippen LogP contribution in [0.3, 0.4) is 0 Å². The van der Waals surface area contributed by atoms with E-state index in [1.165, 1.54) is 0 Å². The summed E-state index contributed by atoms with van der Waals surface area (Å²) >= 11 is 0. The van der Waals surface area contributed by atoms with Crippen LogP contribution in [0.4, 0.5) is 0 Å². The van der Waals surface area contributed by atoms with Crippen molar-refractivity contribution in [2.45, 2.75) is 20.0 Å². The highest BCUT2D eigenvalue weighted by atomic mass is 16.5.